The quantitative estimate of drug-likeness (QED) is 0.855. The standard InChI is InChI=1S/C16H19N3O2/c1-5-6-10-7-11-12(17-8-10)13-18-15(21)16(4,9(2)3)19(13)14(11)20/h7-9H,5-6H2,1-4H3. The predicted molar refractivity (Wildman–Crippen MR) is 79.2 cm³/mol. The van der Waals surface area contributed by atoms with Crippen molar-refractivity contribution in [1.82, 2.24) is 9.88 Å². The van der Waals surface area contributed by atoms with Crippen LogP contribution in [0.5, 0.6) is 0 Å². The van der Waals surface area contributed by atoms with Gasteiger partial charge in [0.15, 0.2) is 5.84 Å². The van der Waals surface area contributed by atoms with E-state index < -0.39 is 5.54 Å². The van der Waals surface area contributed by atoms with Crippen molar-refractivity contribution in [2.45, 2.75) is 46.1 Å². The summed E-state index contributed by atoms with van der Waals surface area (Å²) in [6, 6.07) is 1.89. The van der Waals surface area contributed by atoms with Gasteiger partial charge in [-0.25, -0.2) is 0 Å². The fourth-order valence-corrected chi connectivity index (χ4v) is 2.94. The summed E-state index contributed by atoms with van der Waals surface area (Å²) in [5.41, 5.74) is 1.25. The van der Waals surface area contributed by atoms with Gasteiger partial charge in [-0.2, -0.15) is 4.99 Å². The number of carbonyl (C=O) groups is 2. The maximum Gasteiger partial charge on any atom is 0.274 e. The van der Waals surface area contributed by atoms with E-state index in [9.17, 15) is 9.59 Å². The van der Waals surface area contributed by atoms with Gasteiger partial charge in [-0.05, 0) is 30.9 Å². The second-order valence-corrected chi connectivity index (χ2v) is 6.17. The van der Waals surface area contributed by atoms with Crippen molar-refractivity contribution >= 4 is 17.6 Å². The van der Waals surface area contributed by atoms with Crippen LogP contribution in [-0.2, 0) is 11.2 Å². The second-order valence-electron chi connectivity index (χ2n) is 6.17. The number of nitrogens with zero attached hydrogens (tertiary/aromatic N) is 3. The molecule has 2 aliphatic heterocycles. The highest BCUT2D eigenvalue weighted by Gasteiger charge is 2.56. The molecule has 0 saturated heterocycles. The fourth-order valence-electron chi connectivity index (χ4n) is 2.94. The van der Waals surface area contributed by atoms with Gasteiger partial charge in [0.2, 0.25) is 0 Å². The minimum Gasteiger partial charge on any atom is -0.275 e. The normalized spacial score (nSPS) is 23.7. The van der Waals surface area contributed by atoms with E-state index in [1.807, 2.05) is 19.9 Å². The topological polar surface area (TPSA) is 62.6 Å². The van der Waals surface area contributed by atoms with Crippen LogP contribution in [-0.4, -0.2) is 33.1 Å². The summed E-state index contributed by atoms with van der Waals surface area (Å²) in [5.74, 6) is -0.0129. The van der Waals surface area contributed by atoms with E-state index in [-0.39, 0.29) is 17.7 Å². The van der Waals surface area contributed by atoms with Crippen molar-refractivity contribution in [3.05, 3.63) is 29.1 Å². The Morgan fingerprint density at radius 3 is 2.67 bits per heavy atom. The molecular weight excluding hydrogens is 266 g/mol. The molecule has 5 heteroatoms. The van der Waals surface area contributed by atoms with E-state index in [2.05, 4.69) is 16.9 Å². The molecule has 2 aliphatic rings. The van der Waals surface area contributed by atoms with Gasteiger partial charge >= 0.3 is 0 Å². The summed E-state index contributed by atoms with van der Waals surface area (Å²) in [6.45, 7) is 7.74. The minimum atomic E-state index is -0.905. The molecule has 0 aliphatic carbocycles. The van der Waals surface area contributed by atoms with Crippen LogP contribution in [0.15, 0.2) is 17.3 Å². The maximum atomic E-state index is 12.8. The van der Waals surface area contributed by atoms with Gasteiger partial charge in [0.05, 0.1) is 5.56 Å². The molecule has 1 aromatic rings. The third-order valence-electron chi connectivity index (χ3n) is 4.57. The third kappa shape index (κ3) is 1.69. The van der Waals surface area contributed by atoms with Gasteiger partial charge in [0.1, 0.15) is 11.2 Å². The minimum absolute atomic E-state index is 0.0142. The summed E-state index contributed by atoms with van der Waals surface area (Å²) < 4.78 is 0. The highest BCUT2D eigenvalue weighted by Crippen LogP contribution is 2.39. The Morgan fingerprint density at radius 1 is 1.33 bits per heavy atom. The summed E-state index contributed by atoms with van der Waals surface area (Å²) >= 11 is 0. The van der Waals surface area contributed by atoms with Gasteiger partial charge in [-0.15, -0.1) is 0 Å². The number of amides is 2. The first-order valence-electron chi connectivity index (χ1n) is 7.38. The van der Waals surface area contributed by atoms with Gasteiger partial charge < -0.3 is 0 Å². The zero-order valence-corrected chi connectivity index (χ0v) is 12.8. The van der Waals surface area contributed by atoms with Crippen LogP contribution in [0.1, 0.15) is 55.7 Å². The first kappa shape index (κ1) is 13.9. The Morgan fingerprint density at radius 2 is 2.05 bits per heavy atom. The van der Waals surface area contributed by atoms with Crippen LogP contribution in [0.3, 0.4) is 0 Å². The Labute approximate surface area is 124 Å². The number of aliphatic imine (C=N–C) groups is 1. The molecule has 0 radical (unpaired) electrons. The van der Waals surface area contributed by atoms with E-state index >= 15 is 0 Å². The molecular formula is C16H19N3O2. The second kappa shape index (κ2) is 4.48. The largest absolute Gasteiger partial charge is 0.275 e. The number of fused-ring (bicyclic) bond motifs is 3. The predicted octanol–water partition coefficient (Wildman–Crippen LogP) is 2.19. The Kier molecular flexibility index (Phi) is 2.97. The van der Waals surface area contributed by atoms with E-state index in [1.165, 1.54) is 4.90 Å². The maximum absolute atomic E-state index is 12.8. The van der Waals surface area contributed by atoms with Crippen molar-refractivity contribution in [1.29, 1.82) is 0 Å². The summed E-state index contributed by atoms with van der Waals surface area (Å²) in [7, 11) is 0. The number of rotatable bonds is 3. The van der Waals surface area contributed by atoms with Gasteiger partial charge in [-0.1, -0.05) is 27.2 Å². The van der Waals surface area contributed by atoms with Crippen molar-refractivity contribution in [2.24, 2.45) is 10.9 Å². The smallest absolute Gasteiger partial charge is 0.274 e. The average Bonchev–Trinajstić information content (AvgIpc) is 2.86. The van der Waals surface area contributed by atoms with Crippen LogP contribution in [0.4, 0.5) is 0 Å². The fraction of sp³-hybridized carbons (Fsp3) is 0.500. The van der Waals surface area contributed by atoms with Crippen molar-refractivity contribution in [3.63, 3.8) is 0 Å². The Bertz CT molecular complexity index is 678. The summed E-state index contributed by atoms with van der Waals surface area (Å²) in [5, 5.41) is 0. The number of hydrogen-bond donors (Lipinski definition) is 0. The molecule has 0 N–H and O–H groups in total. The summed E-state index contributed by atoms with van der Waals surface area (Å²) in [6.07, 6.45) is 3.67. The monoisotopic (exact) mass is 285 g/mol. The molecule has 0 aromatic carbocycles. The van der Waals surface area contributed by atoms with Gasteiger partial charge in [0, 0.05) is 6.20 Å². The molecule has 1 aromatic heterocycles. The van der Waals surface area contributed by atoms with Crippen molar-refractivity contribution in [3.8, 4) is 0 Å². The molecule has 0 saturated carbocycles. The number of carbonyl (C=O) groups excluding carboxylic acids is 2. The molecule has 2 amide bonds. The van der Waals surface area contributed by atoms with Crippen LogP contribution < -0.4 is 0 Å². The van der Waals surface area contributed by atoms with Crippen LogP contribution >= 0.6 is 0 Å². The van der Waals surface area contributed by atoms with E-state index in [0.29, 0.717) is 17.1 Å². The number of hydrogen-bond acceptors (Lipinski definition) is 3. The van der Waals surface area contributed by atoms with Crippen LogP contribution in [0.2, 0.25) is 0 Å². The number of amidine groups is 1. The molecule has 0 spiro atoms. The molecule has 1 unspecified atom stereocenters. The van der Waals surface area contributed by atoms with Gasteiger partial charge in [-0.3, -0.25) is 19.5 Å². The molecule has 1 atom stereocenters. The molecule has 110 valence electrons. The molecule has 0 bridgehead atoms. The van der Waals surface area contributed by atoms with Crippen LogP contribution in [0, 0.1) is 5.92 Å². The van der Waals surface area contributed by atoms with E-state index in [4.69, 9.17) is 0 Å². The third-order valence-corrected chi connectivity index (χ3v) is 4.57. The lowest BCUT2D eigenvalue weighted by molar-refractivity contribution is -0.126. The van der Waals surface area contributed by atoms with E-state index in [1.54, 1.807) is 13.1 Å². The highest BCUT2D eigenvalue weighted by atomic mass is 16.2. The zero-order valence-electron chi connectivity index (χ0n) is 12.8. The molecule has 21 heavy (non-hydrogen) atoms. The average molecular weight is 285 g/mol. The highest BCUT2D eigenvalue weighted by molar-refractivity contribution is 6.29. The number of pyridine rings is 1. The molecule has 0 fully saturated rings. The Hall–Kier alpha value is -2.04. The molecule has 3 rings (SSSR count). The van der Waals surface area contributed by atoms with Crippen LogP contribution in [0.25, 0.3) is 0 Å². The van der Waals surface area contributed by atoms with E-state index in [0.717, 1.165) is 18.4 Å². The first-order chi connectivity index (χ1) is 9.91. The zero-order chi connectivity index (χ0) is 15.4. The molecule has 3 heterocycles. The van der Waals surface area contributed by atoms with Gasteiger partial charge in [0.25, 0.3) is 11.8 Å². The number of aryl methyl sites for hydroxylation is 1. The lowest BCUT2D eigenvalue weighted by atomic mass is 9.87. The SMILES string of the molecule is CCCc1cnc2c(c1)C(=O)N1C2=NC(=O)C1(C)C(C)C. The number of aromatic nitrogens is 1. The van der Waals surface area contributed by atoms with Crippen molar-refractivity contribution in [2.75, 3.05) is 0 Å². The lowest BCUT2D eigenvalue weighted by Gasteiger charge is -2.34. The summed E-state index contributed by atoms with van der Waals surface area (Å²) in [4.78, 5) is 35.1. The molecule has 5 nitrogen and oxygen atoms in total. The lowest BCUT2D eigenvalue weighted by Crippen LogP contribution is -2.53. The Balaban J connectivity index is 2.12. The first-order valence-corrected chi connectivity index (χ1v) is 7.38. The van der Waals surface area contributed by atoms with Crippen molar-refractivity contribution < 1.29 is 9.59 Å².